The fourth-order valence-corrected chi connectivity index (χ4v) is 4.02. The maximum atomic E-state index is 12.2. The Morgan fingerprint density at radius 3 is 2.63 bits per heavy atom. The third-order valence-electron chi connectivity index (χ3n) is 4.01. The van der Waals surface area contributed by atoms with E-state index in [9.17, 15) is 9.59 Å². The summed E-state index contributed by atoms with van der Waals surface area (Å²) in [6, 6.07) is -0.915. The molecule has 2 aliphatic rings. The summed E-state index contributed by atoms with van der Waals surface area (Å²) in [6.45, 7) is 2.56. The van der Waals surface area contributed by atoms with Crippen molar-refractivity contribution >= 4 is 23.8 Å². The fraction of sp³-hybridized carbons (Fsp3) is 0.846. The summed E-state index contributed by atoms with van der Waals surface area (Å²) in [7, 11) is 0. The molecule has 0 aromatic carbocycles. The van der Waals surface area contributed by atoms with Gasteiger partial charge in [-0.05, 0) is 25.7 Å². The maximum Gasteiger partial charge on any atom is 0.327 e. The molecule has 1 saturated carbocycles. The Kier molecular flexibility index (Phi) is 4.96. The van der Waals surface area contributed by atoms with Gasteiger partial charge in [0, 0.05) is 12.3 Å². The third kappa shape index (κ3) is 3.55. The van der Waals surface area contributed by atoms with Crippen LogP contribution in [-0.2, 0) is 4.79 Å². The van der Waals surface area contributed by atoms with Gasteiger partial charge < -0.3 is 10.4 Å². The molecule has 0 bridgehead atoms. The number of aliphatic carboxylic acids is 1. The molecule has 0 aromatic heterocycles. The zero-order valence-electron chi connectivity index (χ0n) is 11.3. The molecule has 2 fully saturated rings. The molecule has 0 spiro atoms. The first kappa shape index (κ1) is 14.5. The van der Waals surface area contributed by atoms with Crippen LogP contribution in [0.3, 0.4) is 0 Å². The van der Waals surface area contributed by atoms with Gasteiger partial charge in [0.25, 0.3) is 0 Å². The SMILES string of the molecule is CC1SCC(C(=O)O)N1C(=O)NCC1CCCCC1. The van der Waals surface area contributed by atoms with Crippen molar-refractivity contribution in [1.29, 1.82) is 0 Å². The molecular formula is C13H22N2O3S. The molecule has 0 aromatic rings. The summed E-state index contributed by atoms with van der Waals surface area (Å²) in [4.78, 5) is 24.8. The van der Waals surface area contributed by atoms with Gasteiger partial charge in [0.1, 0.15) is 6.04 Å². The first-order valence-electron chi connectivity index (χ1n) is 7.00. The number of hydrogen-bond donors (Lipinski definition) is 2. The minimum Gasteiger partial charge on any atom is -0.480 e. The fourth-order valence-electron chi connectivity index (χ4n) is 2.86. The molecule has 108 valence electrons. The van der Waals surface area contributed by atoms with Crippen molar-refractivity contribution in [3.63, 3.8) is 0 Å². The van der Waals surface area contributed by atoms with E-state index in [2.05, 4.69) is 5.32 Å². The lowest BCUT2D eigenvalue weighted by Gasteiger charge is -2.27. The highest BCUT2D eigenvalue weighted by molar-refractivity contribution is 8.00. The number of carbonyl (C=O) groups is 2. The summed E-state index contributed by atoms with van der Waals surface area (Å²) in [5.41, 5.74) is 0. The molecule has 2 N–H and O–H groups in total. The molecule has 1 aliphatic carbocycles. The van der Waals surface area contributed by atoms with Gasteiger partial charge >= 0.3 is 12.0 Å². The van der Waals surface area contributed by atoms with Gasteiger partial charge in [0.2, 0.25) is 0 Å². The van der Waals surface area contributed by atoms with Gasteiger partial charge in [-0.15, -0.1) is 11.8 Å². The monoisotopic (exact) mass is 286 g/mol. The first-order valence-corrected chi connectivity index (χ1v) is 8.05. The molecule has 6 heteroatoms. The van der Waals surface area contributed by atoms with Crippen molar-refractivity contribution in [1.82, 2.24) is 10.2 Å². The van der Waals surface area contributed by atoms with E-state index < -0.39 is 12.0 Å². The van der Waals surface area contributed by atoms with Crippen LogP contribution >= 0.6 is 11.8 Å². The highest BCUT2D eigenvalue weighted by Crippen LogP contribution is 2.29. The van der Waals surface area contributed by atoms with Crippen molar-refractivity contribution in [2.24, 2.45) is 5.92 Å². The zero-order chi connectivity index (χ0) is 13.8. The Morgan fingerprint density at radius 2 is 2.00 bits per heavy atom. The Bertz CT molecular complexity index is 345. The van der Waals surface area contributed by atoms with Gasteiger partial charge in [-0.3, -0.25) is 4.90 Å². The van der Waals surface area contributed by atoms with Crippen molar-refractivity contribution in [2.75, 3.05) is 12.3 Å². The molecule has 1 saturated heterocycles. The van der Waals surface area contributed by atoms with E-state index in [1.54, 1.807) is 0 Å². The Morgan fingerprint density at radius 1 is 1.32 bits per heavy atom. The topological polar surface area (TPSA) is 69.6 Å². The van der Waals surface area contributed by atoms with Crippen molar-refractivity contribution < 1.29 is 14.7 Å². The van der Waals surface area contributed by atoms with E-state index in [1.807, 2.05) is 6.92 Å². The quantitative estimate of drug-likeness (QED) is 0.834. The number of thioether (sulfide) groups is 1. The highest BCUT2D eigenvalue weighted by Gasteiger charge is 2.39. The van der Waals surface area contributed by atoms with Crippen LogP contribution in [0, 0.1) is 5.92 Å². The average molecular weight is 286 g/mol. The van der Waals surface area contributed by atoms with E-state index in [0.29, 0.717) is 18.2 Å². The Labute approximate surface area is 118 Å². The number of rotatable bonds is 3. The smallest absolute Gasteiger partial charge is 0.327 e. The number of carboxylic acids is 1. The normalized spacial score (nSPS) is 28.4. The van der Waals surface area contributed by atoms with Crippen LogP contribution in [0.15, 0.2) is 0 Å². The van der Waals surface area contributed by atoms with E-state index in [1.165, 1.54) is 48.8 Å². The standard InChI is InChI=1S/C13H22N2O3S/c1-9-15(11(8-19-9)12(16)17)13(18)14-7-10-5-3-2-4-6-10/h9-11H,2-8H2,1H3,(H,14,18)(H,16,17). The van der Waals surface area contributed by atoms with Gasteiger partial charge in [-0.25, -0.2) is 9.59 Å². The molecule has 0 radical (unpaired) electrons. The molecule has 5 nitrogen and oxygen atoms in total. The van der Waals surface area contributed by atoms with Crippen LogP contribution in [0.4, 0.5) is 4.79 Å². The lowest BCUT2D eigenvalue weighted by atomic mass is 9.89. The predicted molar refractivity (Wildman–Crippen MR) is 75.2 cm³/mol. The van der Waals surface area contributed by atoms with Crippen LogP contribution in [0.1, 0.15) is 39.0 Å². The molecule has 19 heavy (non-hydrogen) atoms. The van der Waals surface area contributed by atoms with Crippen LogP contribution in [0.2, 0.25) is 0 Å². The molecular weight excluding hydrogens is 264 g/mol. The Balaban J connectivity index is 1.85. The Hall–Kier alpha value is -0.910. The minimum atomic E-state index is -0.912. The summed E-state index contributed by atoms with van der Waals surface area (Å²) in [5, 5.41) is 12.0. The number of hydrogen-bond acceptors (Lipinski definition) is 3. The predicted octanol–water partition coefficient (Wildman–Crippen LogP) is 2.12. The van der Waals surface area contributed by atoms with E-state index in [-0.39, 0.29) is 11.4 Å². The summed E-state index contributed by atoms with van der Waals surface area (Å²) < 4.78 is 0. The molecule has 2 unspecified atom stereocenters. The first-order chi connectivity index (χ1) is 9.09. The van der Waals surface area contributed by atoms with Crippen LogP contribution in [0.5, 0.6) is 0 Å². The molecule has 1 heterocycles. The van der Waals surface area contributed by atoms with Gasteiger partial charge in [0.15, 0.2) is 0 Å². The number of carbonyl (C=O) groups excluding carboxylic acids is 1. The largest absolute Gasteiger partial charge is 0.480 e. The molecule has 2 atom stereocenters. The van der Waals surface area contributed by atoms with E-state index in [4.69, 9.17) is 5.11 Å². The van der Waals surface area contributed by atoms with Crippen LogP contribution < -0.4 is 5.32 Å². The second kappa shape index (κ2) is 6.50. The summed E-state index contributed by atoms with van der Waals surface area (Å²) in [6.07, 6.45) is 6.13. The van der Waals surface area contributed by atoms with Crippen LogP contribution in [-0.4, -0.2) is 45.7 Å². The molecule has 1 aliphatic heterocycles. The van der Waals surface area contributed by atoms with Crippen LogP contribution in [0.25, 0.3) is 0 Å². The van der Waals surface area contributed by atoms with Crippen molar-refractivity contribution in [2.45, 2.75) is 50.4 Å². The summed E-state index contributed by atoms with van der Waals surface area (Å²) in [5.74, 6) is 0.129. The highest BCUT2D eigenvalue weighted by atomic mass is 32.2. The van der Waals surface area contributed by atoms with Crippen molar-refractivity contribution in [3.8, 4) is 0 Å². The molecule has 2 amide bonds. The van der Waals surface area contributed by atoms with Crippen molar-refractivity contribution in [3.05, 3.63) is 0 Å². The second-order valence-corrected chi connectivity index (χ2v) is 6.73. The summed E-state index contributed by atoms with van der Waals surface area (Å²) >= 11 is 1.52. The number of nitrogens with one attached hydrogen (secondary N) is 1. The number of urea groups is 1. The second-order valence-electron chi connectivity index (χ2n) is 5.38. The number of amides is 2. The maximum absolute atomic E-state index is 12.2. The number of carboxylic acid groups (broad SMARTS) is 1. The van der Waals surface area contributed by atoms with Gasteiger partial charge in [-0.2, -0.15) is 0 Å². The zero-order valence-corrected chi connectivity index (χ0v) is 12.1. The van der Waals surface area contributed by atoms with Gasteiger partial charge in [-0.1, -0.05) is 19.3 Å². The minimum absolute atomic E-state index is 0.0625. The lowest BCUT2D eigenvalue weighted by molar-refractivity contribution is -0.141. The van der Waals surface area contributed by atoms with Gasteiger partial charge in [0.05, 0.1) is 5.37 Å². The van der Waals surface area contributed by atoms with E-state index >= 15 is 0 Å². The number of nitrogens with zero attached hydrogens (tertiary/aromatic N) is 1. The average Bonchev–Trinajstić information content (AvgIpc) is 2.79. The van der Waals surface area contributed by atoms with E-state index in [0.717, 1.165) is 0 Å². The molecule has 2 rings (SSSR count). The third-order valence-corrected chi connectivity index (χ3v) is 5.23. The lowest BCUT2D eigenvalue weighted by Crippen LogP contribution is -2.50.